The molecule has 25 heavy (non-hydrogen) atoms. The van der Waals surface area contributed by atoms with Crippen molar-refractivity contribution < 1.29 is 14.3 Å². The molecule has 0 radical (unpaired) electrons. The van der Waals surface area contributed by atoms with Crippen molar-refractivity contribution in [1.82, 2.24) is 4.57 Å². The fraction of sp³-hybridized carbons (Fsp3) is 0.789. The Bertz CT molecular complexity index is 683. The van der Waals surface area contributed by atoms with Crippen molar-refractivity contribution in [3.05, 3.63) is 15.4 Å². The average molecular weight is 367 g/mol. The van der Waals surface area contributed by atoms with Crippen LogP contribution in [0.4, 0.5) is 0 Å². The predicted molar refractivity (Wildman–Crippen MR) is 98.7 cm³/mol. The van der Waals surface area contributed by atoms with Gasteiger partial charge in [-0.1, -0.05) is 0 Å². The molecular formula is C19H30N2O3S. The van der Waals surface area contributed by atoms with Gasteiger partial charge < -0.3 is 14.0 Å². The van der Waals surface area contributed by atoms with Gasteiger partial charge in [-0.3, -0.25) is 4.79 Å². The van der Waals surface area contributed by atoms with Crippen LogP contribution in [-0.4, -0.2) is 35.9 Å². The summed E-state index contributed by atoms with van der Waals surface area (Å²) in [6.45, 7) is 11.6. The Balaban J connectivity index is 1.82. The average Bonchev–Trinajstić information content (AvgIpc) is 2.82. The summed E-state index contributed by atoms with van der Waals surface area (Å²) in [4.78, 5) is 19.4. The van der Waals surface area contributed by atoms with Crippen LogP contribution in [-0.2, 0) is 20.8 Å². The number of hydrogen-bond donors (Lipinski definition) is 0. The molecule has 0 saturated carbocycles. The van der Waals surface area contributed by atoms with Crippen molar-refractivity contribution in [1.29, 1.82) is 0 Å². The van der Waals surface area contributed by atoms with Crippen molar-refractivity contribution in [3.63, 3.8) is 0 Å². The van der Waals surface area contributed by atoms with Crippen molar-refractivity contribution in [3.8, 4) is 0 Å². The van der Waals surface area contributed by atoms with E-state index in [-0.39, 0.29) is 17.4 Å². The van der Waals surface area contributed by atoms with Crippen molar-refractivity contribution in [2.24, 2.45) is 16.8 Å². The summed E-state index contributed by atoms with van der Waals surface area (Å²) in [5, 5.41) is 0. The van der Waals surface area contributed by atoms with E-state index in [9.17, 15) is 4.79 Å². The number of thiazole rings is 1. The van der Waals surface area contributed by atoms with E-state index >= 15 is 0 Å². The van der Waals surface area contributed by atoms with E-state index in [2.05, 4.69) is 37.3 Å². The molecule has 1 aromatic heterocycles. The zero-order chi connectivity index (χ0) is 18.0. The number of carbonyl (C=O) groups excluding carboxylic acids is 1. The van der Waals surface area contributed by atoms with E-state index in [1.165, 1.54) is 10.6 Å². The van der Waals surface area contributed by atoms with Crippen LogP contribution in [0.3, 0.4) is 0 Å². The van der Waals surface area contributed by atoms with Gasteiger partial charge in [0.25, 0.3) is 5.91 Å². The van der Waals surface area contributed by atoms with Gasteiger partial charge >= 0.3 is 0 Å². The molecular weight excluding hydrogens is 336 g/mol. The number of aryl methyl sites for hydroxylation is 1. The molecule has 140 valence electrons. The molecule has 2 aliphatic heterocycles. The maximum Gasteiger partial charge on any atom is 0.251 e. The second-order valence-electron chi connectivity index (χ2n) is 7.94. The van der Waals surface area contributed by atoms with Crippen LogP contribution in [0.25, 0.3) is 0 Å². The molecule has 0 bridgehead atoms. The van der Waals surface area contributed by atoms with Crippen LogP contribution in [0, 0.1) is 25.7 Å². The molecule has 0 aliphatic carbocycles. The first-order chi connectivity index (χ1) is 11.9. The summed E-state index contributed by atoms with van der Waals surface area (Å²) in [5.41, 5.74) is 1.00. The highest BCUT2D eigenvalue weighted by Crippen LogP contribution is 2.29. The van der Waals surface area contributed by atoms with Gasteiger partial charge in [-0.05, 0) is 59.3 Å². The van der Waals surface area contributed by atoms with Gasteiger partial charge in [0.1, 0.15) is 0 Å². The van der Waals surface area contributed by atoms with Gasteiger partial charge in [0.15, 0.2) is 4.80 Å². The maximum atomic E-state index is 12.8. The summed E-state index contributed by atoms with van der Waals surface area (Å²) in [6.07, 6.45) is 3.69. The van der Waals surface area contributed by atoms with Crippen LogP contribution < -0.4 is 4.80 Å². The van der Waals surface area contributed by atoms with E-state index in [1.54, 1.807) is 11.3 Å². The minimum absolute atomic E-state index is 0.0124. The molecule has 2 aliphatic rings. The SMILES string of the molecule is Cc1s/c(=N\C(=O)C2CCOC(C)(C)C2)n(CC2CCOCC2)c1C. The number of ether oxygens (including phenoxy) is 2. The Morgan fingerprint density at radius 2 is 1.96 bits per heavy atom. The zero-order valence-electron chi connectivity index (χ0n) is 15.8. The van der Waals surface area contributed by atoms with E-state index in [1.807, 2.05) is 0 Å². The summed E-state index contributed by atoms with van der Waals surface area (Å²) in [6, 6.07) is 0. The van der Waals surface area contributed by atoms with Gasteiger partial charge in [0.05, 0.1) is 5.60 Å². The largest absolute Gasteiger partial charge is 0.381 e. The standard InChI is InChI=1S/C19H30N2O3S/c1-13-14(2)25-18(21(13)12-15-5-8-23-9-6-15)20-17(22)16-7-10-24-19(3,4)11-16/h15-16H,5-12H2,1-4H3/b20-18-. The minimum Gasteiger partial charge on any atom is -0.381 e. The highest BCUT2D eigenvalue weighted by molar-refractivity contribution is 7.09. The number of rotatable bonds is 3. The first-order valence-electron chi connectivity index (χ1n) is 9.33. The minimum atomic E-state index is -0.229. The zero-order valence-corrected chi connectivity index (χ0v) is 16.7. The summed E-state index contributed by atoms with van der Waals surface area (Å²) < 4.78 is 13.5. The lowest BCUT2D eigenvalue weighted by Gasteiger charge is -2.33. The molecule has 2 saturated heterocycles. The number of amides is 1. The van der Waals surface area contributed by atoms with Crippen LogP contribution in [0.1, 0.15) is 50.1 Å². The van der Waals surface area contributed by atoms with E-state index in [0.29, 0.717) is 12.5 Å². The predicted octanol–water partition coefficient (Wildman–Crippen LogP) is 3.23. The van der Waals surface area contributed by atoms with Crippen molar-refractivity contribution in [2.75, 3.05) is 19.8 Å². The molecule has 0 spiro atoms. The second-order valence-corrected chi connectivity index (χ2v) is 9.12. The smallest absolute Gasteiger partial charge is 0.251 e. The van der Waals surface area contributed by atoms with Crippen LogP contribution in [0.15, 0.2) is 4.99 Å². The molecule has 3 rings (SSSR count). The van der Waals surface area contributed by atoms with Gasteiger partial charge in [0.2, 0.25) is 0 Å². The Hall–Kier alpha value is -0.980. The van der Waals surface area contributed by atoms with Crippen LogP contribution >= 0.6 is 11.3 Å². The molecule has 1 aromatic rings. The fourth-order valence-corrected chi connectivity index (χ4v) is 4.70. The van der Waals surface area contributed by atoms with Crippen LogP contribution in [0.2, 0.25) is 0 Å². The van der Waals surface area contributed by atoms with Crippen LogP contribution in [0.5, 0.6) is 0 Å². The highest BCUT2D eigenvalue weighted by atomic mass is 32.1. The summed E-state index contributed by atoms with van der Waals surface area (Å²) in [7, 11) is 0. The van der Waals surface area contributed by atoms with Gasteiger partial charge in [0, 0.05) is 42.9 Å². The fourth-order valence-electron chi connectivity index (χ4n) is 3.71. The van der Waals surface area contributed by atoms with E-state index < -0.39 is 0 Å². The van der Waals surface area contributed by atoms with Gasteiger partial charge in [-0.2, -0.15) is 4.99 Å². The monoisotopic (exact) mass is 366 g/mol. The third-order valence-electron chi connectivity index (χ3n) is 5.42. The van der Waals surface area contributed by atoms with E-state index in [4.69, 9.17) is 9.47 Å². The quantitative estimate of drug-likeness (QED) is 0.825. The van der Waals surface area contributed by atoms with Gasteiger partial charge in [-0.25, -0.2) is 0 Å². The highest BCUT2D eigenvalue weighted by Gasteiger charge is 2.33. The topological polar surface area (TPSA) is 52.8 Å². The Morgan fingerprint density at radius 1 is 1.24 bits per heavy atom. The Labute approximate surface area is 154 Å². The molecule has 1 unspecified atom stereocenters. The second kappa shape index (κ2) is 7.72. The lowest BCUT2D eigenvalue weighted by Crippen LogP contribution is -2.37. The lowest BCUT2D eigenvalue weighted by molar-refractivity contribution is -0.132. The number of nitrogens with zero attached hydrogens (tertiary/aromatic N) is 2. The first kappa shape index (κ1) is 18.8. The van der Waals surface area contributed by atoms with Crippen molar-refractivity contribution >= 4 is 17.2 Å². The number of aromatic nitrogens is 1. The Morgan fingerprint density at radius 3 is 2.64 bits per heavy atom. The molecule has 0 N–H and O–H groups in total. The van der Waals surface area contributed by atoms with Gasteiger partial charge in [-0.15, -0.1) is 11.3 Å². The molecule has 1 atom stereocenters. The number of hydrogen-bond acceptors (Lipinski definition) is 4. The molecule has 0 aromatic carbocycles. The molecule has 1 amide bonds. The third-order valence-corrected chi connectivity index (χ3v) is 6.52. The normalized spacial score (nSPS) is 25.3. The third kappa shape index (κ3) is 4.60. The van der Waals surface area contributed by atoms with E-state index in [0.717, 1.165) is 50.2 Å². The van der Waals surface area contributed by atoms with Crippen molar-refractivity contribution in [2.45, 2.75) is 65.5 Å². The molecule has 2 fully saturated rings. The molecule has 5 nitrogen and oxygen atoms in total. The first-order valence-corrected chi connectivity index (χ1v) is 10.1. The molecule has 6 heteroatoms. The number of carbonyl (C=O) groups is 1. The Kier molecular flexibility index (Phi) is 5.81. The molecule has 3 heterocycles. The summed E-state index contributed by atoms with van der Waals surface area (Å²) in [5.74, 6) is 0.596. The lowest BCUT2D eigenvalue weighted by atomic mass is 9.88. The maximum absolute atomic E-state index is 12.8. The summed E-state index contributed by atoms with van der Waals surface area (Å²) >= 11 is 1.63.